The van der Waals surface area contributed by atoms with Gasteiger partial charge in [-0.05, 0) is 25.2 Å². The zero-order valence-corrected chi connectivity index (χ0v) is 8.93. The Morgan fingerprint density at radius 3 is 2.87 bits per heavy atom. The molecule has 0 spiro atoms. The molecule has 0 saturated heterocycles. The van der Waals surface area contributed by atoms with Crippen LogP contribution in [0.15, 0.2) is 18.2 Å². The Bertz CT molecular complexity index is 412. The molecule has 5 heteroatoms. The second-order valence-corrected chi connectivity index (χ2v) is 3.29. The summed E-state index contributed by atoms with van der Waals surface area (Å²) in [6.45, 7) is 0.219. The van der Waals surface area contributed by atoms with E-state index in [1.54, 1.807) is 19.2 Å². The summed E-state index contributed by atoms with van der Waals surface area (Å²) in [7, 11) is 1.68. The van der Waals surface area contributed by atoms with Gasteiger partial charge in [0.05, 0.1) is 28.9 Å². The molecular formula is C10H10ClN3O. The molecule has 0 fully saturated rings. The molecule has 0 atom stereocenters. The molecule has 4 nitrogen and oxygen atoms in total. The van der Waals surface area contributed by atoms with E-state index in [1.165, 1.54) is 6.07 Å². The maximum Gasteiger partial charge on any atom is 0.238 e. The number of rotatable bonds is 3. The molecular weight excluding hydrogens is 214 g/mol. The predicted octanol–water partition coefficient (Wildman–Crippen LogP) is 1.37. The minimum Gasteiger partial charge on any atom is -0.324 e. The van der Waals surface area contributed by atoms with Crippen LogP contribution in [0.4, 0.5) is 5.69 Å². The molecule has 1 rings (SSSR count). The normalized spacial score (nSPS) is 9.40. The molecule has 0 aromatic heterocycles. The number of carbonyl (C=O) groups is 1. The van der Waals surface area contributed by atoms with Crippen molar-refractivity contribution in [2.24, 2.45) is 0 Å². The first-order valence-electron chi connectivity index (χ1n) is 4.31. The fourth-order valence-corrected chi connectivity index (χ4v) is 1.27. The molecule has 0 saturated carbocycles. The number of nitriles is 1. The van der Waals surface area contributed by atoms with Gasteiger partial charge in [-0.15, -0.1) is 0 Å². The second kappa shape index (κ2) is 5.35. The monoisotopic (exact) mass is 223 g/mol. The molecule has 2 N–H and O–H groups in total. The van der Waals surface area contributed by atoms with E-state index in [0.29, 0.717) is 16.3 Å². The number of anilines is 1. The number of nitrogens with one attached hydrogen (secondary N) is 2. The quantitative estimate of drug-likeness (QED) is 0.814. The van der Waals surface area contributed by atoms with E-state index < -0.39 is 0 Å². The molecule has 0 unspecified atom stereocenters. The number of benzene rings is 1. The highest BCUT2D eigenvalue weighted by Crippen LogP contribution is 2.22. The first-order chi connectivity index (χ1) is 7.17. The van der Waals surface area contributed by atoms with Crippen LogP contribution in [0, 0.1) is 11.3 Å². The van der Waals surface area contributed by atoms with Gasteiger partial charge in [-0.3, -0.25) is 4.79 Å². The SMILES string of the molecule is CNCC(=O)Nc1ccc(C#N)cc1Cl. The van der Waals surface area contributed by atoms with E-state index in [-0.39, 0.29) is 12.5 Å². The lowest BCUT2D eigenvalue weighted by Gasteiger charge is -2.06. The van der Waals surface area contributed by atoms with Crippen LogP contribution in [0.25, 0.3) is 0 Å². The number of amides is 1. The molecule has 0 radical (unpaired) electrons. The first-order valence-corrected chi connectivity index (χ1v) is 4.69. The average Bonchev–Trinajstić information content (AvgIpc) is 2.21. The molecule has 0 aliphatic rings. The fourth-order valence-electron chi connectivity index (χ4n) is 1.04. The van der Waals surface area contributed by atoms with Gasteiger partial charge in [-0.2, -0.15) is 5.26 Å². The average molecular weight is 224 g/mol. The maximum atomic E-state index is 11.2. The molecule has 1 aromatic rings. The third-order valence-electron chi connectivity index (χ3n) is 1.71. The summed E-state index contributed by atoms with van der Waals surface area (Å²) in [5, 5.41) is 14.3. The van der Waals surface area contributed by atoms with Gasteiger partial charge in [0.2, 0.25) is 5.91 Å². The van der Waals surface area contributed by atoms with Gasteiger partial charge in [0.25, 0.3) is 0 Å². The molecule has 0 heterocycles. The van der Waals surface area contributed by atoms with E-state index in [2.05, 4.69) is 10.6 Å². The summed E-state index contributed by atoms with van der Waals surface area (Å²) in [6, 6.07) is 6.68. The fraction of sp³-hybridized carbons (Fsp3) is 0.200. The summed E-state index contributed by atoms with van der Waals surface area (Å²) < 4.78 is 0. The Hall–Kier alpha value is -1.57. The zero-order valence-electron chi connectivity index (χ0n) is 8.17. The van der Waals surface area contributed by atoms with Crippen molar-refractivity contribution in [2.75, 3.05) is 18.9 Å². The Morgan fingerprint density at radius 2 is 2.33 bits per heavy atom. The minimum atomic E-state index is -0.177. The zero-order chi connectivity index (χ0) is 11.3. The highest BCUT2D eigenvalue weighted by molar-refractivity contribution is 6.33. The van der Waals surface area contributed by atoms with E-state index in [1.807, 2.05) is 6.07 Å². The van der Waals surface area contributed by atoms with Crippen molar-refractivity contribution in [3.8, 4) is 6.07 Å². The second-order valence-electron chi connectivity index (χ2n) is 2.88. The van der Waals surface area contributed by atoms with Gasteiger partial charge in [0.15, 0.2) is 0 Å². The van der Waals surface area contributed by atoms with Crippen LogP contribution >= 0.6 is 11.6 Å². The Morgan fingerprint density at radius 1 is 1.60 bits per heavy atom. The van der Waals surface area contributed by atoms with Gasteiger partial charge in [-0.1, -0.05) is 11.6 Å². The maximum absolute atomic E-state index is 11.2. The minimum absolute atomic E-state index is 0.177. The topological polar surface area (TPSA) is 64.9 Å². The molecule has 15 heavy (non-hydrogen) atoms. The molecule has 78 valence electrons. The van der Waals surface area contributed by atoms with Crippen LogP contribution in [0.1, 0.15) is 5.56 Å². The third kappa shape index (κ3) is 3.24. The smallest absolute Gasteiger partial charge is 0.238 e. The molecule has 0 bridgehead atoms. The van der Waals surface area contributed by atoms with E-state index in [4.69, 9.17) is 16.9 Å². The van der Waals surface area contributed by atoms with Gasteiger partial charge < -0.3 is 10.6 Å². The van der Waals surface area contributed by atoms with Gasteiger partial charge >= 0.3 is 0 Å². The van der Waals surface area contributed by atoms with Crippen LogP contribution in [0.5, 0.6) is 0 Å². The third-order valence-corrected chi connectivity index (χ3v) is 2.02. The Kier molecular flexibility index (Phi) is 4.10. The molecule has 0 aliphatic heterocycles. The van der Waals surface area contributed by atoms with Crippen molar-refractivity contribution in [3.05, 3.63) is 28.8 Å². The van der Waals surface area contributed by atoms with Gasteiger partial charge in [0, 0.05) is 0 Å². The van der Waals surface area contributed by atoms with Crippen molar-refractivity contribution in [1.29, 1.82) is 5.26 Å². The number of carbonyl (C=O) groups excluding carboxylic acids is 1. The van der Waals surface area contributed by atoms with Crippen molar-refractivity contribution in [1.82, 2.24) is 5.32 Å². The number of likely N-dealkylation sites (N-methyl/N-ethyl adjacent to an activating group) is 1. The van der Waals surface area contributed by atoms with E-state index in [0.717, 1.165) is 0 Å². The standard InChI is InChI=1S/C10H10ClN3O/c1-13-6-10(15)14-9-3-2-7(5-12)4-8(9)11/h2-4,13H,6H2,1H3,(H,14,15). The highest BCUT2D eigenvalue weighted by Gasteiger charge is 2.05. The van der Waals surface area contributed by atoms with E-state index in [9.17, 15) is 4.79 Å². The van der Waals surface area contributed by atoms with Crippen LogP contribution in [0.3, 0.4) is 0 Å². The summed E-state index contributed by atoms with van der Waals surface area (Å²) in [4.78, 5) is 11.2. The van der Waals surface area contributed by atoms with Gasteiger partial charge in [0.1, 0.15) is 0 Å². The van der Waals surface area contributed by atoms with Gasteiger partial charge in [-0.25, -0.2) is 0 Å². The molecule has 0 aliphatic carbocycles. The number of hydrogen-bond acceptors (Lipinski definition) is 3. The number of nitrogens with zero attached hydrogens (tertiary/aromatic N) is 1. The Balaban J connectivity index is 2.79. The summed E-state index contributed by atoms with van der Waals surface area (Å²) in [6.07, 6.45) is 0. The summed E-state index contributed by atoms with van der Waals surface area (Å²) in [5.74, 6) is -0.177. The van der Waals surface area contributed by atoms with Crippen LogP contribution in [-0.2, 0) is 4.79 Å². The van der Waals surface area contributed by atoms with Crippen molar-refractivity contribution < 1.29 is 4.79 Å². The lowest BCUT2D eigenvalue weighted by molar-refractivity contribution is -0.115. The first kappa shape index (κ1) is 11.5. The Labute approximate surface area is 92.8 Å². The van der Waals surface area contributed by atoms with Crippen molar-refractivity contribution in [3.63, 3.8) is 0 Å². The number of hydrogen-bond donors (Lipinski definition) is 2. The lowest BCUT2D eigenvalue weighted by atomic mass is 10.2. The van der Waals surface area contributed by atoms with Crippen molar-refractivity contribution in [2.45, 2.75) is 0 Å². The predicted molar refractivity (Wildman–Crippen MR) is 58.7 cm³/mol. The highest BCUT2D eigenvalue weighted by atomic mass is 35.5. The summed E-state index contributed by atoms with van der Waals surface area (Å²) in [5.41, 5.74) is 0.975. The van der Waals surface area contributed by atoms with E-state index >= 15 is 0 Å². The molecule has 1 aromatic carbocycles. The van der Waals surface area contributed by atoms with Crippen LogP contribution in [0.2, 0.25) is 5.02 Å². The molecule has 1 amide bonds. The van der Waals surface area contributed by atoms with Crippen molar-refractivity contribution >= 4 is 23.2 Å². The largest absolute Gasteiger partial charge is 0.324 e. The number of halogens is 1. The lowest BCUT2D eigenvalue weighted by Crippen LogP contribution is -2.25. The van der Waals surface area contributed by atoms with Crippen LogP contribution in [-0.4, -0.2) is 19.5 Å². The summed E-state index contributed by atoms with van der Waals surface area (Å²) >= 11 is 5.87. The van der Waals surface area contributed by atoms with Crippen LogP contribution < -0.4 is 10.6 Å².